The molecule has 0 unspecified atom stereocenters. The molecule has 1 aromatic heterocycles. The highest BCUT2D eigenvalue weighted by Crippen LogP contribution is 2.32. The van der Waals surface area contributed by atoms with Gasteiger partial charge in [0, 0.05) is 18.2 Å². The Morgan fingerprint density at radius 3 is 2.52 bits per heavy atom. The highest BCUT2D eigenvalue weighted by atomic mass is 16.5. The average Bonchev–Trinajstić information content (AvgIpc) is 3.03. The molecule has 0 aliphatic carbocycles. The summed E-state index contributed by atoms with van der Waals surface area (Å²) in [6.07, 6.45) is 1.39. The van der Waals surface area contributed by atoms with Crippen LogP contribution in [0.15, 0.2) is 48.7 Å². The van der Waals surface area contributed by atoms with Gasteiger partial charge >= 0.3 is 5.97 Å². The van der Waals surface area contributed by atoms with Crippen LogP contribution in [0.25, 0.3) is 16.8 Å². The van der Waals surface area contributed by atoms with Gasteiger partial charge < -0.3 is 14.2 Å². The molecule has 0 bridgehead atoms. The van der Waals surface area contributed by atoms with E-state index in [0.717, 1.165) is 22.4 Å². The van der Waals surface area contributed by atoms with Crippen molar-refractivity contribution in [1.29, 1.82) is 0 Å². The third kappa shape index (κ3) is 4.63. The first-order valence-corrected chi connectivity index (χ1v) is 10.0. The molecule has 162 valence electrons. The van der Waals surface area contributed by atoms with Gasteiger partial charge in [0.2, 0.25) is 5.88 Å². The summed E-state index contributed by atoms with van der Waals surface area (Å²) in [6, 6.07) is 13.9. The first kappa shape index (κ1) is 22.2. The molecule has 0 radical (unpaired) electrons. The predicted octanol–water partition coefficient (Wildman–Crippen LogP) is 4.75. The zero-order valence-electron chi connectivity index (χ0n) is 18.9. The molecule has 0 spiro atoms. The van der Waals surface area contributed by atoms with Gasteiger partial charge in [-0.15, -0.1) is 0 Å². The van der Waals surface area contributed by atoms with Crippen molar-refractivity contribution < 1.29 is 19.0 Å². The SMILES string of the molecule is CO/C=C(/C(=O)OC)c1ccccc1COc1c(C)c(-c2ccc(C)cc2C)nn1C. The van der Waals surface area contributed by atoms with Crippen LogP contribution in [0.2, 0.25) is 0 Å². The summed E-state index contributed by atoms with van der Waals surface area (Å²) in [6.45, 7) is 6.44. The van der Waals surface area contributed by atoms with E-state index < -0.39 is 5.97 Å². The number of hydrogen-bond acceptors (Lipinski definition) is 5. The van der Waals surface area contributed by atoms with Crippen LogP contribution in [0.4, 0.5) is 0 Å². The first-order valence-electron chi connectivity index (χ1n) is 10.0. The minimum atomic E-state index is -0.469. The fourth-order valence-corrected chi connectivity index (χ4v) is 3.66. The summed E-state index contributed by atoms with van der Waals surface area (Å²) < 4.78 is 17.9. The van der Waals surface area contributed by atoms with E-state index in [2.05, 4.69) is 32.0 Å². The third-order valence-corrected chi connectivity index (χ3v) is 5.17. The Morgan fingerprint density at radius 1 is 1.10 bits per heavy atom. The number of hydrogen-bond donors (Lipinski definition) is 0. The Bertz CT molecular complexity index is 1130. The van der Waals surface area contributed by atoms with E-state index in [-0.39, 0.29) is 6.61 Å². The smallest absolute Gasteiger partial charge is 0.341 e. The summed E-state index contributed by atoms with van der Waals surface area (Å²) in [5, 5.41) is 4.70. The molecule has 3 rings (SSSR count). The van der Waals surface area contributed by atoms with Gasteiger partial charge in [-0.3, -0.25) is 0 Å². The van der Waals surface area contributed by atoms with Crippen LogP contribution >= 0.6 is 0 Å². The van der Waals surface area contributed by atoms with Crippen molar-refractivity contribution in [1.82, 2.24) is 9.78 Å². The van der Waals surface area contributed by atoms with Gasteiger partial charge in [-0.05, 0) is 37.5 Å². The number of carbonyl (C=O) groups excluding carboxylic acids is 1. The van der Waals surface area contributed by atoms with E-state index in [1.54, 1.807) is 4.68 Å². The lowest BCUT2D eigenvalue weighted by molar-refractivity contribution is -0.133. The Balaban J connectivity index is 1.92. The molecule has 0 N–H and O–H groups in total. The van der Waals surface area contributed by atoms with Crippen molar-refractivity contribution in [2.24, 2.45) is 7.05 Å². The van der Waals surface area contributed by atoms with Crippen LogP contribution in [0.1, 0.15) is 27.8 Å². The van der Waals surface area contributed by atoms with Gasteiger partial charge in [0.15, 0.2) is 0 Å². The second kappa shape index (κ2) is 9.51. The van der Waals surface area contributed by atoms with Crippen LogP contribution in [0, 0.1) is 20.8 Å². The van der Waals surface area contributed by atoms with Crippen molar-refractivity contribution in [3.8, 4) is 17.1 Å². The Kier molecular flexibility index (Phi) is 6.80. The van der Waals surface area contributed by atoms with Gasteiger partial charge in [-0.2, -0.15) is 5.10 Å². The summed E-state index contributed by atoms with van der Waals surface area (Å²) in [5.41, 5.74) is 7.21. The topological polar surface area (TPSA) is 62.6 Å². The maximum absolute atomic E-state index is 12.2. The Labute approximate surface area is 183 Å². The van der Waals surface area contributed by atoms with E-state index in [1.165, 1.54) is 31.6 Å². The molecule has 0 aliphatic heterocycles. The van der Waals surface area contributed by atoms with Gasteiger partial charge in [-0.1, -0.05) is 48.0 Å². The Hall–Kier alpha value is -3.54. The molecular weight excluding hydrogens is 392 g/mol. The maximum atomic E-state index is 12.2. The molecule has 3 aromatic rings. The zero-order chi connectivity index (χ0) is 22.5. The van der Waals surface area contributed by atoms with Crippen molar-refractivity contribution in [2.75, 3.05) is 14.2 Å². The monoisotopic (exact) mass is 420 g/mol. The number of carbonyl (C=O) groups is 1. The second-order valence-corrected chi connectivity index (χ2v) is 7.43. The van der Waals surface area contributed by atoms with Crippen LogP contribution in [0.3, 0.4) is 0 Å². The molecule has 1 heterocycles. The number of nitrogens with zero attached hydrogens (tertiary/aromatic N) is 2. The van der Waals surface area contributed by atoms with E-state index in [4.69, 9.17) is 19.3 Å². The lowest BCUT2D eigenvalue weighted by Gasteiger charge is -2.13. The minimum Gasteiger partial charge on any atom is -0.503 e. The second-order valence-electron chi connectivity index (χ2n) is 7.43. The lowest BCUT2D eigenvalue weighted by atomic mass is 10.0. The number of aromatic nitrogens is 2. The summed E-state index contributed by atoms with van der Waals surface area (Å²) >= 11 is 0. The molecule has 0 saturated heterocycles. The van der Waals surface area contributed by atoms with Crippen molar-refractivity contribution in [3.05, 3.63) is 76.5 Å². The predicted molar refractivity (Wildman–Crippen MR) is 121 cm³/mol. The zero-order valence-corrected chi connectivity index (χ0v) is 18.9. The molecule has 0 aliphatic rings. The van der Waals surface area contributed by atoms with Crippen LogP contribution in [0.5, 0.6) is 5.88 Å². The number of rotatable bonds is 7. The fourth-order valence-electron chi connectivity index (χ4n) is 3.66. The normalized spacial score (nSPS) is 11.4. The van der Waals surface area contributed by atoms with E-state index >= 15 is 0 Å². The molecule has 6 nitrogen and oxygen atoms in total. The van der Waals surface area contributed by atoms with Crippen molar-refractivity contribution >= 4 is 11.5 Å². The molecule has 0 fully saturated rings. The van der Waals surface area contributed by atoms with Gasteiger partial charge in [0.1, 0.15) is 12.2 Å². The lowest BCUT2D eigenvalue weighted by Crippen LogP contribution is -2.09. The van der Waals surface area contributed by atoms with Crippen molar-refractivity contribution in [2.45, 2.75) is 27.4 Å². The standard InChI is InChI=1S/C25H28N2O4/c1-16-11-12-20(17(2)13-16)23-18(3)24(27(4)26-23)31-14-19-9-7-8-10-21(19)22(15-29-5)25(28)30-6/h7-13,15H,14H2,1-6H3/b22-15+. The largest absolute Gasteiger partial charge is 0.503 e. The number of benzene rings is 2. The number of methoxy groups -OCH3 is 2. The maximum Gasteiger partial charge on any atom is 0.341 e. The quantitative estimate of drug-likeness (QED) is 0.314. The van der Waals surface area contributed by atoms with Crippen molar-refractivity contribution in [3.63, 3.8) is 0 Å². The summed E-state index contributed by atoms with van der Waals surface area (Å²) in [5.74, 6) is 0.211. The number of aryl methyl sites for hydroxylation is 3. The third-order valence-electron chi connectivity index (χ3n) is 5.17. The highest BCUT2D eigenvalue weighted by Gasteiger charge is 2.20. The average molecular weight is 421 g/mol. The van der Waals surface area contributed by atoms with E-state index in [9.17, 15) is 4.79 Å². The molecule has 0 atom stereocenters. The van der Waals surface area contributed by atoms with E-state index in [1.807, 2.05) is 38.2 Å². The number of esters is 1. The van der Waals surface area contributed by atoms with Crippen LogP contribution in [-0.4, -0.2) is 30.0 Å². The molecule has 6 heteroatoms. The van der Waals surface area contributed by atoms with E-state index in [0.29, 0.717) is 17.0 Å². The fraction of sp³-hybridized carbons (Fsp3) is 0.280. The number of ether oxygens (including phenoxy) is 3. The van der Waals surface area contributed by atoms with Gasteiger partial charge in [-0.25, -0.2) is 9.48 Å². The molecular formula is C25H28N2O4. The van der Waals surface area contributed by atoms with Crippen LogP contribution in [-0.2, 0) is 27.9 Å². The molecule has 0 saturated carbocycles. The molecule has 31 heavy (non-hydrogen) atoms. The summed E-state index contributed by atoms with van der Waals surface area (Å²) in [7, 11) is 4.71. The molecule has 2 aromatic carbocycles. The van der Waals surface area contributed by atoms with Gasteiger partial charge in [0.05, 0.1) is 26.2 Å². The first-order chi connectivity index (χ1) is 14.9. The summed E-state index contributed by atoms with van der Waals surface area (Å²) in [4.78, 5) is 12.2. The van der Waals surface area contributed by atoms with Gasteiger partial charge in [0.25, 0.3) is 0 Å². The Morgan fingerprint density at radius 2 is 1.84 bits per heavy atom. The molecule has 0 amide bonds. The minimum absolute atomic E-state index is 0.265. The highest BCUT2D eigenvalue weighted by molar-refractivity contribution is 6.16. The van der Waals surface area contributed by atoms with Crippen LogP contribution < -0.4 is 4.74 Å².